The minimum absolute atomic E-state index is 0.522. The van der Waals surface area contributed by atoms with Crippen LogP contribution in [0.25, 0.3) is 5.69 Å². The van der Waals surface area contributed by atoms with Crippen LogP contribution in [0.4, 0.5) is 0 Å². The maximum absolute atomic E-state index is 5.72. The number of pyridine rings is 1. The van der Waals surface area contributed by atoms with E-state index in [0.717, 1.165) is 22.6 Å². The van der Waals surface area contributed by atoms with Crippen molar-refractivity contribution in [2.45, 2.75) is 13.5 Å². The van der Waals surface area contributed by atoms with Crippen molar-refractivity contribution in [3.8, 4) is 11.4 Å². The molecular weight excluding hydrogens is 250 g/mol. The topological polar surface area (TPSA) is 39.9 Å². The van der Waals surface area contributed by atoms with Gasteiger partial charge in [0.15, 0.2) is 0 Å². The van der Waals surface area contributed by atoms with Crippen molar-refractivity contribution in [3.05, 3.63) is 72.3 Å². The normalized spacial score (nSPS) is 10.4. The van der Waals surface area contributed by atoms with Gasteiger partial charge in [0.05, 0.1) is 11.9 Å². The van der Waals surface area contributed by atoms with Crippen molar-refractivity contribution in [3.63, 3.8) is 0 Å². The molecule has 0 amide bonds. The number of nitrogens with zero attached hydrogens (tertiary/aromatic N) is 3. The molecule has 2 aromatic heterocycles. The van der Waals surface area contributed by atoms with E-state index in [0.29, 0.717) is 6.61 Å². The van der Waals surface area contributed by atoms with Gasteiger partial charge < -0.3 is 4.74 Å². The lowest BCUT2D eigenvalue weighted by Crippen LogP contribution is -1.97. The van der Waals surface area contributed by atoms with Gasteiger partial charge in [0.25, 0.3) is 0 Å². The molecule has 0 radical (unpaired) electrons. The van der Waals surface area contributed by atoms with E-state index in [4.69, 9.17) is 4.74 Å². The first-order valence-electron chi connectivity index (χ1n) is 6.45. The zero-order chi connectivity index (χ0) is 13.8. The predicted octanol–water partition coefficient (Wildman–Crippen LogP) is 3.15. The standard InChI is InChI=1S/C16H15N3O/c1-13-9-18-19(11-13)15-4-6-16(7-5-15)20-12-14-3-2-8-17-10-14/h2-11H,12H2,1H3. The molecule has 0 spiro atoms. The largest absolute Gasteiger partial charge is 0.489 e. The molecule has 1 aromatic carbocycles. The molecule has 3 aromatic rings. The summed E-state index contributed by atoms with van der Waals surface area (Å²) in [6.45, 7) is 2.54. The summed E-state index contributed by atoms with van der Waals surface area (Å²) in [6.07, 6.45) is 7.39. The molecule has 0 atom stereocenters. The molecule has 2 heterocycles. The Morgan fingerprint density at radius 1 is 1.10 bits per heavy atom. The molecule has 0 bridgehead atoms. The van der Waals surface area contributed by atoms with Gasteiger partial charge in [0, 0.05) is 24.2 Å². The Labute approximate surface area is 117 Å². The molecule has 0 N–H and O–H groups in total. The quantitative estimate of drug-likeness (QED) is 0.727. The lowest BCUT2D eigenvalue weighted by molar-refractivity contribution is 0.305. The van der Waals surface area contributed by atoms with Crippen molar-refractivity contribution in [1.82, 2.24) is 14.8 Å². The molecule has 0 fully saturated rings. The number of hydrogen-bond acceptors (Lipinski definition) is 3. The summed E-state index contributed by atoms with van der Waals surface area (Å²) in [4.78, 5) is 4.06. The number of hydrogen-bond donors (Lipinski definition) is 0. The second kappa shape index (κ2) is 5.57. The molecule has 0 aliphatic heterocycles. The summed E-state index contributed by atoms with van der Waals surface area (Å²) in [7, 11) is 0. The summed E-state index contributed by atoms with van der Waals surface area (Å²) in [5, 5.41) is 4.28. The van der Waals surface area contributed by atoms with E-state index in [-0.39, 0.29) is 0 Å². The third-order valence-electron chi connectivity index (χ3n) is 2.94. The van der Waals surface area contributed by atoms with Crippen LogP contribution in [0.15, 0.2) is 61.2 Å². The summed E-state index contributed by atoms with van der Waals surface area (Å²) in [5.41, 5.74) is 3.22. The van der Waals surface area contributed by atoms with Crippen LogP contribution in [0.5, 0.6) is 5.75 Å². The van der Waals surface area contributed by atoms with Gasteiger partial charge in [0.1, 0.15) is 12.4 Å². The van der Waals surface area contributed by atoms with E-state index >= 15 is 0 Å². The van der Waals surface area contributed by atoms with Gasteiger partial charge >= 0.3 is 0 Å². The van der Waals surface area contributed by atoms with Crippen LogP contribution < -0.4 is 4.74 Å². The summed E-state index contributed by atoms with van der Waals surface area (Å²) in [6, 6.07) is 11.8. The van der Waals surface area contributed by atoms with Gasteiger partial charge in [-0.15, -0.1) is 0 Å². The Kier molecular flexibility index (Phi) is 3.46. The molecule has 0 aliphatic rings. The van der Waals surface area contributed by atoms with Crippen LogP contribution in [0, 0.1) is 6.92 Å². The molecule has 0 aliphatic carbocycles. The van der Waals surface area contributed by atoms with Crippen LogP contribution in [0.2, 0.25) is 0 Å². The predicted molar refractivity (Wildman–Crippen MR) is 76.9 cm³/mol. The SMILES string of the molecule is Cc1cnn(-c2ccc(OCc3cccnc3)cc2)c1. The van der Waals surface area contributed by atoms with E-state index in [1.165, 1.54) is 0 Å². The van der Waals surface area contributed by atoms with Crippen molar-refractivity contribution < 1.29 is 4.74 Å². The Balaban J connectivity index is 1.67. The molecule has 0 saturated heterocycles. The van der Waals surface area contributed by atoms with Gasteiger partial charge in [-0.3, -0.25) is 4.98 Å². The number of ether oxygens (including phenoxy) is 1. The van der Waals surface area contributed by atoms with Crippen LogP contribution in [-0.4, -0.2) is 14.8 Å². The second-order valence-corrected chi connectivity index (χ2v) is 4.61. The van der Waals surface area contributed by atoms with Gasteiger partial charge in [-0.2, -0.15) is 5.10 Å². The summed E-state index contributed by atoms with van der Waals surface area (Å²) in [5.74, 6) is 0.835. The summed E-state index contributed by atoms with van der Waals surface area (Å²) >= 11 is 0. The average Bonchev–Trinajstić information content (AvgIpc) is 2.93. The first-order chi connectivity index (χ1) is 9.81. The van der Waals surface area contributed by atoms with E-state index in [9.17, 15) is 0 Å². The fourth-order valence-corrected chi connectivity index (χ4v) is 1.90. The molecule has 0 unspecified atom stereocenters. The Morgan fingerprint density at radius 3 is 2.60 bits per heavy atom. The van der Waals surface area contributed by atoms with E-state index in [2.05, 4.69) is 10.1 Å². The second-order valence-electron chi connectivity index (χ2n) is 4.61. The first kappa shape index (κ1) is 12.4. The molecule has 0 saturated carbocycles. The highest BCUT2D eigenvalue weighted by Crippen LogP contribution is 2.16. The van der Waals surface area contributed by atoms with Crippen LogP contribution >= 0.6 is 0 Å². The number of rotatable bonds is 4. The van der Waals surface area contributed by atoms with Crippen molar-refractivity contribution >= 4 is 0 Å². The number of benzene rings is 1. The van der Waals surface area contributed by atoms with Crippen LogP contribution in [0.3, 0.4) is 0 Å². The molecule has 4 heteroatoms. The number of aryl methyl sites for hydroxylation is 1. The highest BCUT2D eigenvalue weighted by molar-refractivity contribution is 5.37. The van der Waals surface area contributed by atoms with Crippen molar-refractivity contribution in [1.29, 1.82) is 0 Å². The zero-order valence-electron chi connectivity index (χ0n) is 11.2. The third kappa shape index (κ3) is 2.85. The summed E-state index contributed by atoms with van der Waals surface area (Å²) < 4.78 is 7.57. The van der Waals surface area contributed by atoms with Crippen molar-refractivity contribution in [2.75, 3.05) is 0 Å². The van der Waals surface area contributed by atoms with Gasteiger partial charge in [0.2, 0.25) is 0 Å². The number of aromatic nitrogens is 3. The minimum atomic E-state index is 0.522. The molecule has 100 valence electrons. The lowest BCUT2D eigenvalue weighted by atomic mass is 10.3. The molecule has 4 nitrogen and oxygen atoms in total. The highest BCUT2D eigenvalue weighted by Gasteiger charge is 2.00. The van der Waals surface area contributed by atoms with Gasteiger partial charge in [-0.1, -0.05) is 6.07 Å². The third-order valence-corrected chi connectivity index (χ3v) is 2.94. The average molecular weight is 265 g/mol. The monoisotopic (exact) mass is 265 g/mol. The Morgan fingerprint density at radius 2 is 1.95 bits per heavy atom. The minimum Gasteiger partial charge on any atom is -0.489 e. The maximum atomic E-state index is 5.72. The maximum Gasteiger partial charge on any atom is 0.119 e. The Bertz CT molecular complexity index is 674. The van der Waals surface area contributed by atoms with E-state index < -0.39 is 0 Å². The smallest absolute Gasteiger partial charge is 0.119 e. The Hall–Kier alpha value is -2.62. The fourth-order valence-electron chi connectivity index (χ4n) is 1.90. The molecular formula is C16H15N3O. The lowest BCUT2D eigenvalue weighted by Gasteiger charge is -2.07. The molecule has 3 rings (SSSR count). The van der Waals surface area contributed by atoms with Gasteiger partial charge in [-0.25, -0.2) is 4.68 Å². The van der Waals surface area contributed by atoms with E-state index in [1.807, 2.05) is 60.4 Å². The fraction of sp³-hybridized carbons (Fsp3) is 0.125. The molecule has 20 heavy (non-hydrogen) atoms. The highest BCUT2D eigenvalue weighted by atomic mass is 16.5. The zero-order valence-corrected chi connectivity index (χ0v) is 11.2. The van der Waals surface area contributed by atoms with E-state index in [1.54, 1.807) is 12.4 Å². The first-order valence-corrected chi connectivity index (χ1v) is 6.45. The van der Waals surface area contributed by atoms with Gasteiger partial charge in [-0.05, 0) is 42.8 Å². The van der Waals surface area contributed by atoms with Crippen LogP contribution in [-0.2, 0) is 6.61 Å². The van der Waals surface area contributed by atoms with Crippen LogP contribution in [0.1, 0.15) is 11.1 Å². The van der Waals surface area contributed by atoms with Crippen molar-refractivity contribution in [2.24, 2.45) is 0 Å².